The summed E-state index contributed by atoms with van der Waals surface area (Å²) in [5.41, 5.74) is 0.679. The molecule has 0 bridgehead atoms. The lowest BCUT2D eigenvalue weighted by Crippen LogP contribution is -2.22. The summed E-state index contributed by atoms with van der Waals surface area (Å²) in [5.74, 6) is 1.42. The van der Waals surface area contributed by atoms with E-state index in [9.17, 15) is 9.59 Å². The summed E-state index contributed by atoms with van der Waals surface area (Å²) in [6.07, 6.45) is 2.93. The molecule has 0 radical (unpaired) electrons. The Morgan fingerprint density at radius 3 is 2.86 bits per heavy atom. The molecule has 142 valence electrons. The van der Waals surface area contributed by atoms with Crippen molar-refractivity contribution in [1.82, 2.24) is 19.2 Å². The predicted molar refractivity (Wildman–Crippen MR) is 114 cm³/mol. The molecule has 0 aliphatic rings. The molecule has 0 atom stereocenters. The van der Waals surface area contributed by atoms with Gasteiger partial charge in [-0.15, -0.1) is 28.1 Å². The van der Waals surface area contributed by atoms with E-state index in [2.05, 4.69) is 16.8 Å². The number of Topliss-reactive ketones (excluding diaryl/α,β-unsaturated/α-hetero) is 1. The van der Waals surface area contributed by atoms with Gasteiger partial charge in [-0.3, -0.25) is 18.6 Å². The molecule has 8 heteroatoms. The Balaban J connectivity index is 1.60. The SMILES string of the molecule is C=CCn1c(=O)c2ccccc2n2c(SCCCC(=O)c3cccs3)nnc12. The number of carbonyl (C=O) groups excluding carboxylic acids is 1. The van der Waals surface area contributed by atoms with E-state index in [0.29, 0.717) is 29.3 Å². The van der Waals surface area contributed by atoms with Gasteiger partial charge in [-0.05, 0) is 30.0 Å². The smallest absolute Gasteiger partial charge is 0.263 e. The van der Waals surface area contributed by atoms with Gasteiger partial charge in [0.15, 0.2) is 10.9 Å². The molecule has 28 heavy (non-hydrogen) atoms. The Hall–Kier alpha value is -2.71. The molecule has 0 aliphatic heterocycles. The van der Waals surface area contributed by atoms with Crippen molar-refractivity contribution in [3.8, 4) is 0 Å². The van der Waals surface area contributed by atoms with E-state index in [4.69, 9.17) is 0 Å². The first-order valence-electron chi connectivity index (χ1n) is 8.88. The van der Waals surface area contributed by atoms with Crippen LogP contribution < -0.4 is 5.56 Å². The fourth-order valence-electron chi connectivity index (χ4n) is 3.08. The number of para-hydroxylation sites is 1. The van der Waals surface area contributed by atoms with Crippen LogP contribution in [0.2, 0.25) is 0 Å². The predicted octanol–water partition coefficient (Wildman–Crippen LogP) is 4.05. The van der Waals surface area contributed by atoms with Gasteiger partial charge in [-0.25, -0.2) is 0 Å². The second-order valence-electron chi connectivity index (χ2n) is 6.19. The Morgan fingerprint density at radius 1 is 1.21 bits per heavy atom. The molecule has 3 heterocycles. The summed E-state index contributed by atoms with van der Waals surface area (Å²) in [6.45, 7) is 4.10. The van der Waals surface area contributed by atoms with Crippen LogP contribution in [0.5, 0.6) is 0 Å². The number of ketones is 1. The minimum absolute atomic E-state index is 0.103. The van der Waals surface area contributed by atoms with E-state index >= 15 is 0 Å². The summed E-state index contributed by atoms with van der Waals surface area (Å²) >= 11 is 3.02. The van der Waals surface area contributed by atoms with Crippen molar-refractivity contribution in [2.24, 2.45) is 0 Å². The molecule has 4 aromatic rings. The molecule has 0 unspecified atom stereocenters. The van der Waals surface area contributed by atoms with Gasteiger partial charge >= 0.3 is 0 Å². The first-order chi connectivity index (χ1) is 13.7. The zero-order valence-corrected chi connectivity index (χ0v) is 16.7. The number of thioether (sulfide) groups is 1. The summed E-state index contributed by atoms with van der Waals surface area (Å²) in [6, 6.07) is 11.2. The van der Waals surface area contributed by atoms with Crippen molar-refractivity contribution in [2.45, 2.75) is 24.5 Å². The molecule has 0 aliphatic carbocycles. The molecule has 0 fully saturated rings. The highest BCUT2D eigenvalue weighted by Gasteiger charge is 2.16. The number of hydrogen-bond donors (Lipinski definition) is 0. The largest absolute Gasteiger partial charge is 0.293 e. The molecule has 3 aromatic heterocycles. The summed E-state index contributed by atoms with van der Waals surface area (Å²) in [7, 11) is 0. The maximum atomic E-state index is 12.8. The van der Waals surface area contributed by atoms with Crippen molar-refractivity contribution in [1.29, 1.82) is 0 Å². The molecule has 0 spiro atoms. The van der Waals surface area contributed by atoms with Crippen LogP contribution in [0.3, 0.4) is 0 Å². The lowest BCUT2D eigenvalue weighted by molar-refractivity contribution is 0.0986. The van der Waals surface area contributed by atoms with Gasteiger partial charge in [-0.2, -0.15) is 0 Å². The Kier molecular flexibility index (Phi) is 5.40. The first kappa shape index (κ1) is 18.6. The number of allylic oxidation sites excluding steroid dienone is 1. The van der Waals surface area contributed by atoms with Gasteiger partial charge in [0.2, 0.25) is 5.78 Å². The maximum Gasteiger partial charge on any atom is 0.263 e. The number of rotatable bonds is 8. The number of carbonyl (C=O) groups is 1. The van der Waals surface area contributed by atoms with E-state index < -0.39 is 0 Å². The molecule has 0 saturated carbocycles. The third kappa shape index (κ3) is 3.41. The number of benzene rings is 1. The minimum atomic E-state index is -0.103. The normalized spacial score (nSPS) is 11.3. The highest BCUT2D eigenvalue weighted by molar-refractivity contribution is 7.99. The van der Waals surface area contributed by atoms with Crippen molar-refractivity contribution in [2.75, 3.05) is 5.75 Å². The van der Waals surface area contributed by atoms with Crippen LogP contribution >= 0.6 is 23.1 Å². The topological polar surface area (TPSA) is 69.3 Å². The van der Waals surface area contributed by atoms with Crippen molar-refractivity contribution in [3.05, 3.63) is 69.7 Å². The third-order valence-electron chi connectivity index (χ3n) is 4.37. The standard InChI is InChI=1S/C20H18N4O2S2/c1-2-11-23-18(26)14-7-3-4-8-15(14)24-19(23)21-22-20(24)28-13-5-9-16(25)17-10-6-12-27-17/h2-4,6-8,10,12H,1,5,9,11,13H2. The minimum Gasteiger partial charge on any atom is -0.293 e. The van der Waals surface area contributed by atoms with Gasteiger partial charge in [0.05, 0.1) is 15.8 Å². The average Bonchev–Trinajstić information content (AvgIpc) is 3.39. The number of thiophene rings is 1. The van der Waals surface area contributed by atoms with Crippen LogP contribution in [0.25, 0.3) is 16.7 Å². The second kappa shape index (κ2) is 8.12. The fourth-order valence-corrected chi connectivity index (χ4v) is 4.65. The number of hydrogen-bond acceptors (Lipinski definition) is 6. The Labute approximate surface area is 169 Å². The monoisotopic (exact) mass is 410 g/mol. The van der Waals surface area contributed by atoms with Gasteiger partial charge in [0, 0.05) is 18.7 Å². The van der Waals surface area contributed by atoms with E-state index in [1.165, 1.54) is 11.3 Å². The zero-order chi connectivity index (χ0) is 19.5. The number of aromatic nitrogens is 4. The highest BCUT2D eigenvalue weighted by atomic mass is 32.2. The fraction of sp³-hybridized carbons (Fsp3) is 0.200. The van der Waals surface area contributed by atoms with E-state index in [0.717, 1.165) is 22.6 Å². The second-order valence-corrected chi connectivity index (χ2v) is 8.20. The lowest BCUT2D eigenvalue weighted by atomic mass is 10.2. The first-order valence-corrected chi connectivity index (χ1v) is 10.7. The molecular weight excluding hydrogens is 392 g/mol. The van der Waals surface area contributed by atoms with Gasteiger partial charge in [-0.1, -0.05) is 36.0 Å². The zero-order valence-electron chi connectivity index (χ0n) is 15.1. The maximum absolute atomic E-state index is 12.8. The highest BCUT2D eigenvalue weighted by Crippen LogP contribution is 2.23. The third-order valence-corrected chi connectivity index (χ3v) is 6.29. The quantitative estimate of drug-likeness (QED) is 0.190. The molecule has 4 rings (SSSR count). The van der Waals surface area contributed by atoms with E-state index in [-0.39, 0.29) is 11.3 Å². The lowest BCUT2D eigenvalue weighted by Gasteiger charge is -2.09. The Morgan fingerprint density at radius 2 is 2.07 bits per heavy atom. The summed E-state index contributed by atoms with van der Waals surface area (Å²) in [4.78, 5) is 25.7. The van der Waals surface area contributed by atoms with Gasteiger partial charge in [0.1, 0.15) is 0 Å². The van der Waals surface area contributed by atoms with Crippen LogP contribution in [0.4, 0.5) is 0 Å². The van der Waals surface area contributed by atoms with Crippen molar-refractivity contribution < 1.29 is 4.79 Å². The van der Waals surface area contributed by atoms with Gasteiger partial charge < -0.3 is 0 Å². The number of fused-ring (bicyclic) bond motifs is 3. The van der Waals surface area contributed by atoms with Gasteiger partial charge in [0.25, 0.3) is 5.56 Å². The van der Waals surface area contributed by atoms with Crippen LogP contribution in [0.1, 0.15) is 22.5 Å². The molecule has 6 nitrogen and oxygen atoms in total. The van der Waals surface area contributed by atoms with Crippen molar-refractivity contribution in [3.63, 3.8) is 0 Å². The van der Waals surface area contributed by atoms with E-state index in [1.807, 2.05) is 46.2 Å². The van der Waals surface area contributed by atoms with Crippen LogP contribution in [0.15, 0.2) is 64.4 Å². The summed E-state index contributed by atoms with van der Waals surface area (Å²) in [5, 5.41) is 11.8. The molecule has 0 saturated heterocycles. The van der Waals surface area contributed by atoms with Crippen molar-refractivity contribution >= 4 is 45.6 Å². The number of nitrogens with zero attached hydrogens (tertiary/aromatic N) is 4. The van der Waals surface area contributed by atoms with Crippen LogP contribution in [-0.2, 0) is 6.54 Å². The molecule has 0 N–H and O–H groups in total. The molecule has 1 aromatic carbocycles. The average molecular weight is 411 g/mol. The summed E-state index contributed by atoms with van der Waals surface area (Å²) < 4.78 is 3.48. The molecular formula is C20H18N4O2S2. The van der Waals surface area contributed by atoms with E-state index in [1.54, 1.807) is 22.4 Å². The van der Waals surface area contributed by atoms with Crippen LogP contribution in [-0.4, -0.2) is 30.7 Å². The Bertz CT molecular complexity index is 1210. The van der Waals surface area contributed by atoms with Crippen LogP contribution in [0, 0.1) is 0 Å². The molecule has 0 amide bonds.